The molecule has 3 rings (SSSR count). The molecule has 0 saturated heterocycles. The summed E-state index contributed by atoms with van der Waals surface area (Å²) in [6.07, 6.45) is 0.835. The van der Waals surface area contributed by atoms with Crippen molar-refractivity contribution < 1.29 is 13.9 Å². The number of ether oxygens (including phenoxy) is 1. The van der Waals surface area contributed by atoms with Gasteiger partial charge in [0.05, 0.1) is 12.6 Å². The van der Waals surface area contributed by atoms with E-state index < -0.39 is 0 Å². The summed E-state index contributed by atoms with van der Waals surface area (Å²) in [6, 6.07) is 11.4. The van der Waals surface area contributed by atoms with Gasteiger partial charge in [0, 0.05) is 16.8 Å². The van der Waals surface area contributed by atoms with E-state index in [0.717, 1.165) is 17.6 Å². The van der Waals surface area contributed by atoms with Crippen LogP contribution in [0.3, 0.4) is 0 Å². The summed E-state index contributed by atoms with van der Waals surface area (Å²) < 4.78 is 11.5. The fourth-order valence-electron chi connectivity index (χ4n) is 2.61. The normalized spacial score (nSPS) is 12.1. The maximum absolute atomic E-state index is 12.1. The van der Waals surface area contributed by atoms with Crippen LogP contribution in [-0.2, 0) is 6.42 Å². The molecule has 1 aromatic carbocycles. The van der Waals surface area contributed by atoms with Gasteiger partial charge in [-0.3, -0.25) is 0 Å². The molecule has 0 fully saturated rings. The Morgan fingerprint density at radius 3 is 2.96 bits per heavy atom. The second-order valence-electron chi connectivity index (χ2n) is 5.71. The van der Waals surface area contributed by atoms with Crippen LogP contribution >= 0.6 is 11.3 Å². The van der Waals surface area contributed by atoms with Crippen LogP contribution < -0.4 is 15.4 Å². The largest absolute Gasteiger partial charge is 0.490 e. The van der Waals surface area contributed by atoms with E-state index in [1.807, 2.05) is 49.6 Å². The molecule has 6 heteroatoms. The van der Waals surface area contributed by atoms with Gasteiger partial charge in [0.2, 0.25) is 0 Å². The zero-order chi connectivity index (χ0) is 17.6. The average Bonchev–Trinajstić information content (AvgIpc) is 3.24. The van der Waals surface area contributed by atoms with E-state index in [1.54, 1.807) is 11.3 Å². The van der Waals surface area contributed by atoms with Gasteiger partial charge in [-0.15, -0.1) is 11.3 Å². The zero-order valence-corrected chi connectivity index (χ0v) is 15.2. The molecule has 1 atom stereocenters. The molecule has 2 heterocycles. The van der Waals surface area contributed by atoms with Crippen LogP contribution in [0, 0.1) is 0 Å². The number of hydrogen-bond donors (Lipinski definition) is 2. The summed E-state index contributed by atoms with van der Waals surface area (Å²) in [5.74, 6) is 1.43. The highest BCUT2D eigenvalue weighted by atomic mass is 32.1. The van der Waals surface area contributed by atoms with Gasteiger partial charge >= 0.3 is 6.03 Å². The second kappa shape index (κ2) is 8.07. The lowest BCUT2D eigenvalue weighted by molar-refractivity contribution is 0.236. The lowest BCUT2D eigenvalue weighted by Crippen LogP contribution is -2.37. The highest BCUT2D eigenvalue weighted by Crippen LogP contribution is 2.31. The third-order valence-corrected chi connectivity index (χ3v) is 4.77. The number of urea groups is 1. The number of nitrogens with one attached hydrogen (secondary N) is 2. The van der Waals surface area contributed by atoms with Gasteiger partial charge in [0.1, 0.15) is 5.76 Å². The predicted molar refractivity (Wildman–Crippen MR) is 100 cm³/mol. The van der Waals surface area contributed by atoms with E-state index >= 15 is 0 Å². The second-order valence-corrected chi connectivity index (χ2v) is 6.74. The SMILES string of the molecule is CCOc1cccc2cc([C@H](C)NC(=O)NCCc3cccs3)oc12. The van der Waals surface area contributed by atoms with Crippen molar-refractivity contribution in [2.24, 2.45) is 0 Å². The lowest BCUT2D eigenvalue weighted by atomic mass is 10.2. The van der Waals surface area contributed by atoms with Crippen molar-refractivity contribution in [3.05, 3.63) is 52.4 Å². The van der Waals surface area contributed by atoms with E-state index in [0.29, 0.717) is 24.5 Å². The Hall–Kier alpha value is -2.47. The van der Waals surface area contributed by atoms with Crippen molar-refractivity contribution in [3.63, 3.8) is 0 Å². The standard InChI is InChI=1S/C19H22N2O3S/c1-3-23-16-8-4-6-14-12-17(24-18(14)16)13(2)21-19(22)20-10-9-15-7-5-11-25-15/h4-8,11-13H,3,9-10H2,1-2H3,(H2,20,21,22)/t13-/m0/s1. The quantitative estimate of drug-likeness (QED) is 0.654. The topological polar surface area (TPSA) is 63.5 Å². The van der Waals surface area contributed by atoms with Crippen molar-refractivity contribution in [2.75, 3.05) is 13.2 Å². The summed E-state index contributed by atoms with van der Waals surface area (Å²) in [6.45, 7) is 5.02. The zero-order valence-electron chi connectivity index (χ0n) is 14.4. The molecule has 3 aromatic rings. The molecule has 2 aromatic heterocycles. The van der Waals surface area contributed by atoms with Gasteiger partial charge < -0.3 is 19.8 Å². The molecule has 0 aliphatic carbocycles. The highest BCUT2D eigenvalue weighted by Gasteiger charge is 2.16. The first kappa shape index (κ1) is 17.4. The number of furan rings is 1. The molecule has 0 spiro atoms. The smallest absolute Gasteiger partial charge is 0.315 e. The summed E-state index contributed by atoms with van der Waals surface area (Å²) in [4.78, 5) is 13.3. The summed E-state index contributed by atoms with van der Waals surface area (Å²) in [7, 11) is 0. The van der Waals surface area contributed by atoms with E-state index in [9.17, 15) is 4.79 Å². The minimum Gasteiger partial charge on any atom is -0.490 e. The number of carbonyl (C=O) groups excluding carboxylic acids is 1. The Bertz CT molecular complexity index is 826. The first-order chi connectivity index (χ1) is 12.2. The summed E-state index contributed by atoms with van der Waals surface area (Å²) in [5, 5.41) is 8.79. The molecule has 2 amide bonds. The number of carbonyl (C=O) groups is 1. The fraction of sp³-hybridized carbons (Fsp3) is 0.316. The molecule has 5 nitrogen and oxygen atoms in total. The van der Waals surface area contributed by atoms with E-state index in [1.165, 1.54) is 4.88 Å². The van der Waals surface area contributed by atoms with Gasteiger partial charge in [0.25, 0.3) is 0 Å². The Balaban J connectivity index is 1.58. The predicted octanol–water partition coefficient (Wildman–Crippen LogP) is 4.50. The van der Waals surface area contributed by atoms with E-state index in [-0.39, 0.29) is 12.1 Å². The number of hydrogen-bond acceptors (Lipinski definition) is 4. The minimum atomic E-state index is -0.233. The Kier molecular flexibility index (Phi) is 5.60. The molecule has 0 aliphatic rings. The fourth-order valence-corrected chi connectivity index (χ4v) is 3.32. The Morgan fingerprint density at radius 2 is 2.20 bits per heavy atom. The maximum Gasteiger partial charge on any atom is 0.315 e. The highest BCUT2D eigenvalue weighted by molar-refractivity contribution is 7.09. The number of thiophene rings is 1. The molecular weight excluding hydrogens is 336 g/mol. The van der Waals surface area contributed by atoms with Gasteiger partial charge in [-0.2, -0.15) is 0 Å². The minimum absolute atomic E-state index is 0.199. The van der Waals surface area contributed by atoms with Crippen LogP contribution in [0.15, 0.2) is 46.2 Å². The molecule has 0 aliphatic heterocycles. The van der Waals surface area contributed by atoms with Crippen molar-refractivity contribution in [2.45, 2.75) is 26.3 Å². The number of amides is 2. The van der Waals surface area contributed by atoms with Crippen molar-refractivity contribution in [3.8, 4) is 5.75 Å². The van der Waals surface area contributed by atoms with Crippen LogP contribution in [0.4, 0.5) is 4.79 Å². The Morgan fingerprint density at radius 1 is 1.32 bits per heavy atom. The number of rotatable bonds is 7. The lowest BCUT2D eigenvalue weighted by Gasteiger charge is -2.12. The van der Waals surface area contributed by atoms with Gasteiger partial charge in [0.15, 0.2) is 11.3 Å². The van der Waals surface area contributed by atoms with Crippen molar-refractivity contribution in [1.82, 2.24) is 10.6 Å². The third-order valence-electron chi connectivity index (χ3n) is 3.84. The van der Waals surface area contributed by atoms with Crippen LogP contribution in [0.2, 0.25) is 0 Å². The molecular formula is C19H22N2O3S. The molecule has 2 N–H and O–H groups in total. The number of benzene rings is 1. The van der Waals surface area contributed by atoms with Crippen LogP contribution in [-0.4, -0.2) is 19.2 Å². The van der Waals surface area contributed by atoms with Gasteiger partial charge in [-0.1, -0.05) is 18.2 Å². The average molecular weight is 358 g/mol. The van der Waals surface area contributed by atoms with E-state index in [2.05, 4.69) is 16.7 Å². The van der Waals surface area contributed by atoms with Crippen LogP contribution in [0.25, 0.3) is 11.0 Å². The summed E-state index contributed by atoms with van der Waals surface area (Å²) in [5.41, 5.74) is 0.714. The van der Waals surface area contributed by atoms with Crippen LogP contribution in [0.5, 0.6) is 5.75 Å². The molecule has 0 radical (unpaired) electrons. The van der Waals surface area contributed by atoms with Gasteiger partial charge in [-0.05, 0) is 43.8 Å². The maximum atomic E-state index is 12.1. The number of para-hydroxylation sites is 1. The van der Waals surface area contributed by atoms with E-state index in [4.69, 9.17) is 9.15 Å². The monoisotopic (exact) mass is 358 g/mol. The first-order valence-corrected chi connectivity index (χ1v) is 9.27. The Labute approximate surface area is 151 Å². The number of fused-ring (bicyclic) bond motifs is 1. The molecule has 0 saturated carbocycles. The summed E-state index contributed by atoms with van der Waals surface area (Å²) >= 11 is 1.69. The van der Waals surface area contributed by atoms with Crippen molar-refractivity contribution in [1.29, 1.82) is 0 Å². The molecule has 132 valence electrons. The third kappa shape index (κ3) is 4.33. The molecule has 25 heavy (non-hydrogen) atoms. The first-order valence-electron chi connectivity index (χ1n) is 8.39. The van der Waals surface area contributed by atoms with Gasteiger partial charge in [-0.25, -0.2) is 4.79 Å². The van der Waals surface area contributed by atoms with Crippen LogP contribution in [0.1, 0.15) is 30.5 Å². The van der Waals surface area contributed by atoms with Crippen molar-refractivity contribution >= 4 is 28.3 Å². The molecule has 0 unspecified atom stereocenters. The molecule has 0 bridgehead atoms.